The lowest BCUT2D eigenvalue weighted by atomic mass is 9.78. The Morgan fingerprint density at radius 2 is 2.21 bits per heavy atom. The Morgan fingerprint density at radius 3 is 2.83 bits per heavy atom. The van der Waals surface area contributed by atoms with E-state index in [1.807, 2.05) is 0 Å². The summed E-state index contributed by atoms with van der Waals surface area (Å²) in [4.78, 5) is 11.8. The van der Waals surface area contributed by atoms with E-state index in [1.54, 1.807) is 32.9 Å². The molecule has 24 heavy (non-hydrogen) atoms. The van der Waals surface area contributed by atoms with Gasteiger partial charge in [-0.25, -0.2) is 9.18 Å². The van der Waals surface area contributed by atoms with Gasteiger partial charge in [-0.2, -0.15) is 0 Å². The molecular formula is C15H20BBrFNO5. The smallest absolute Gasteiger partial charge is 0.491 e. The molecule has 0 radical (unpaired) electrons. The minimum atomic E-state index is -1.21. The molecule has 1 atom stereocenters. The summed E-state index contributed by atoms with van der Waals surface area (Å²) in [5.41, 5.74) is 0.496. The predicted molar refractivity (Wildman–Crippen MR) is 91.3 cm³/mol. The Bertz CT molecular complexity index is 610. The van der Waals surface area contributed by atoms with E-state index in [0.29, 0.717) is 21.2 Å². The van der Waals surface area contributed by atoms with Crippen molar-refractivity contribution in [2.24, 2.45) is 0 Å². The van der Waals surface area contributed by atoms with Gasteiger partial charge in [-0.3, -0.25) is 0 Å². The molecule has 0 fully saturated rings. The zero-order chi connectivity index (χ0) is 17.9. The molecule has 1 heterocycles. The summed E-state index contributed by atoms with van der Waals surface area (Å²) in [5, 5.41) is 12.8. The maximum Gasteiger partial charge on any atom is 0.495 e. The van der Waals surface area contributed by atoms with Crippen molar-refractivity contribution in [1.29, 1.82) is 0 Å². The van der Waals surface area contributed by atoms with E-state index in [-0.39, 0.29) is 13.2 Å². The quantitative estimate of drug-likeness (QED) is 0.736. The Balaban J connectivity index is 2.13. The molecule has 0 aromatic heterocycles. The predicted octanol–water partition coefficient (Wildman–Crippen LogP) is 2.08. The summed E-state index contributed by atoms with van der Waals surface area (Å²) < 4.78 is 29.0. The van der Waals surface area contributed by atoms with Gasteiger partial charge in [0.15, 0.2) is 0 Å². The summed E-state index contributed by atoms with van der Waals surface area (Å²) in [6.45, 7) is 4.67. The molecule has 0 aliphatic carbocycles. The second-order valence-electron chi connectivity index (χ2n) is 6.27. The van der Waals surface area contributed by atoms with Crippen LogP contribution in [0.25, 0.3) is 0 Å². The number of rotatable bonds is 5. The fourth-order valence-corrected chi connectivity index (χ4v) is 2.98. The first-order valence-electron chi connectivity index (χ1n) is 7.54. The van der Waals surface area contributed by atoms with Gasteiger partial charge in [0.25, 0.3) is 0 Å². The highest BCUT2D eigenvalue weighted by atomic mass is 79.9. The van der Waals surface area contributed by atoms with Gasteiger partial charge in [-0.05, 0) is 38.5 Å². The number of fused-ring (bicyclic) bond motifs is 1. The Kier molecular flexibility index (Phi) is 6.11. The number of amides is 1. The molecular weight excluding hydrogens is 384 g/mol. The Morgan fingerprint density at radius 1 is 1.50 bits per heavy atom. The topological polar surface area (TPSA) is 77.0 Å². The number of hydrogen-bond acceptors (Lipinski definition) is 5. The maximum absolute atomic E-state index is 12.3. The average molecular weight is 404 g/mol. The fraction of sp³-hybridized carbons (Fsp3) is 0.533. The number of halogens is 2. The van der Waals surface area contributed by atoms with Crippen LogP contribution < -0.4 is 15.5 Å². The first kappa shape index (κ1) is 19.0. The molecule has 1 unspecified atom stereocenters. The number of ether oxygens (including phenoxy) is 2. The van der Waals surface area contributed by atoms with Crippen LogP contribution in [0.4, 0.5) is 9.18 Å². The van der Waals surface area contributed by atoms with Gasteiger partial charge in [0.2, 0.25) is 0 Å². The van der Waals surface area contributed by atoms with Crippen molar-refractivity contribution in [3.63, 3.8) is 0 Å². The number of alkyl halides is 1. The standard InChI is InChI=1S/C15H20BBrFNO5/c1-15(2,3)23-14(20)19-8-11-12-9(17)4-5-10(22-7-6-18)13(12)16(21)24-11/h4-5,11,21H,6-8H2,1-3H3,(H,19,20). The van der Waals surface area contributed by atoms with Crippen molar-refractivity contribution in [1.82, 2.24) is 5.32 Å². The second kappa shape index (κ2) is 7.71. The van der Waals surface area contributed by atoms with Crippen LogP contribution in [-0.2, 0) is 9.39 Å². The lowest BCUT2D eigenvalue weighted by Crippen LogP contribution is -2.35. The molecule has 1 aliphatic rings. The van der Waals surface area contributed by atoms with Crippen molar-refractivity contribution in [2.75, 3.05) is 19.8 Å². The number of alkyl carbamates (subject to hydrolysis) is 1. The van der Waals surface area contributed by atoms with Crippen LogP contribution in [0, 0.1) is 0 Å². The van der Waals surface area contributed by atoms with E-state index in [2.05, 4.69) is 21.2 Å². The van der Waals surface area contributed by atoms with E-state index >= 15 is 0 Å². The molecule has 0 saturated carbocycles. The van der Waals surface area contributed by atoms with E-state index < -0.39 is 31.6 Å². The minimum absolute atomic E-state index is 0.110. The van der Waals surface area contributed by atoms with Crippen molar-refractivity contribution in [3.8, 4) is 5.75 Å². The van der Waals surface area contributed by atoms with Crippen molar-refractivity contribution < 1.29 is 28.3 Å². The molecule has 6 nitrogen and oxygen atoms in total. The third-order valence-electron chi connectivity index (χ3n) is 3.22. The SMILES string of the molecule is CC(C)(C)OC(=O)NCC1OB(O)c2c(OCCF)ccc(Br)c21. The van der Waals surface area contributed by atoms with Gasteiger partial charge in [0.1, 0.15) is 24.6 Å². The molecule has 1 aliphatic heterocycles. The molecule has 1 aromatic rings. The Hall–Kier alpha value is -1.32. The highest BCUT2D eigenvalue weighted by molar-refractivity contribution is 9.10. The lowest BCUT2D eigenvalue weighted by molar-refractivity contribution is 0.0498. The fourth-order valence-electron chi connectivity index (χ4n) is 2.38. The van der Waals surface area contributed by atoms with E-state index in [1.165, 1.54) is 0 Å². The van der Waals surface area contributed by atoms with Gasteiger partial charge < -0.3 is 24.5 Å². The van der Waals surface area contributed by atoms with Crippen LogP contribution in [0.1, 0.15) is 32.4 Å². The highest BCUT2D eigenvalue weighted by Crippen LogP contribution is 2.33. The molecule has 1 aromatic carbocycles. The third kappa shape index (κ3) is 4.61. The van der Waals surface area contributed by atoms with Crippen molar-refractivity contribution in [2.45, 2.75) is 32.5 Å². The largest absolute Gasteiger partial charge is 0.495 e. The molecule has 1 amide bonds. The number of benzene rings is 1. The van der Waals surface area contributed by atoms with Gasteiger partial charge in [0, 0.05) is 16.5 Å². The Labute approximate surface area is 148 Å². The molecule has 132 valence electrons. The molecule has 2 N–H and O–H groups in total. The monoisotopic (exact) mass is 403 g/mol. The normalized spacial score (nSPS) is 16.8. The highest BCUT2D eigenvalue weighted by Gasteiger charge is 2.39. The first-order valence-corrected chi connectivity index (χ1v) is 8.33. The number of hydrogen-bond donors (Lipinski definition) is 2. The summed E-state index contributed by atoms with van der Waals surface area (Å²) in [6.07, 6.45) is -1.15. The van der Waals surface area contributed by atoms with Crippen LogP contribution >= 0.6 is 15.9 Å². The summed E-state index contributed by atoms with van der Waals surface area (Å²) in [7, 11) is -1.21. The van der Waals surface area contributed by atoms with Crippen LogP contribution in [0.2, 0.25) is 0 Å². The van der Waals surface area contributed by atoms with E-state index in [0.717, 1.165) is 0 Å². The second-order valence-corrected chi connectivity index (χ2v) is 7.12. The molecule has 0 bridgehead atoms. The maximum atomic E-state index is 12.3. The molecule has 9 heteroatoms. The van der Waals surface area contributed by atoms with Crippen molar-refractivity contribution in [3.05, 3.63) is 22.2 Å². The third-order valence-corrected chi connectivity index (χ3v) is 3.91. The van der Waals surface area contributed by atoms with Gasteiger partial charge in [0.05, 0.1) is 6.10 Å². The van der Waals surface area contributed by atoms with Crippen LogP contribution in [0.15, 0.2) is 16.6 Å². The minimum Gasteiger partial charge on any atom is -0.491 e. The molecule has 0 spiro atoms. The number of carbonyl (C=O) groups excluding carboxylic acids is 1. The van der Waals surface area contributed by atoms with Gasteiger partial charge >= 0.3 is 13.2 Å². The van der Waals surface area contributed by atoms with Crippen LogP contribution in [0.5, 0.6) is 5.75 Å². The van der Waals surface area contributed by atoms with E-state index in [4.69, 9.17) is 14.1 Å². The van der Waals surface area contributed by atoms with Gasteiger partial charge in [-0.1, -0.05) is 15.9 Å². The van der Waals surface area contributed by atoms with Crippen molar-refractivity contribution >= 4 is 34.6 Å². The zero-order valence-electron chi connectivity index (χ0n) is 13.8. The van der Waals surface area contributed by atoms with Crippen LogP contribution in [-0.4, -0.2) is 43.7 Å². The van der Waals surface area contributed by atoms with Crippen LogP contribution in [0.3, 0.4) is 0 Å². The lowest BCUT2D eigenvalue weighted by Gasteiger charge is -2.21. The van der Waals surface area contributed by atoms with E-state index in [9.17, 15) is 14.2 Å². The zero-order valence-corrected chi connectivity index (χ0v) is 15.4. The molecule has 0 saturated heterocycles. The summed E-state index contributed by atoms with van der Waals surface area (Å²) in [5.74, 6) is 0.359. The average Bonchev–Trinajstić information content (AvgIpc) is 2.81. The molecule has 2 rings (SSSR count). The summed E-state index contributed by atoms with van der Waals surface area (Å²) in [6, 6.07) is 3.36. The first-order chi connectivity index (χ1) is 11.2. The summed E-state index contributed by atoms with van der Waals surface area (Å²) >= 11 is 3.41. The number of carbonyl (C=O) groups is 1. The number of nitrogens with one attached hydrogen (secondary N) is 1. The van der Waals surface area contributed by atoms with Gasteiger partial charge in [-0.15, -0.1) is 0 Å².